The summed E-state index contributed by atoms with van der Waals surface area (Å²) in [5.74, 6) is 1.33. The molecule has 1 aromatic carbocycles. The van der Waals surface area contributed by atoms with Crippen LogP contribution in [0.4, 0.5) is 5.69 Å². The highest BCUT2D eigenvalue weighted by Crippen LogP contribution is 2.34. The van der Waals surface area contributed by atoms with Gasteiger partial charge in [-0.2, -0.15) is 0 Å². The maximum absolute atomic E-state index is 12.4. The number of ether oxygens (including phenoxy) is 2. The van der Waals surface area contributed by atoms with Gasteiger partial charge in [-0.3, -0.25) is 14.2 Å². The number of amides is 1. The molecule has 0 bridgehead atoms. The molecule has 7 nitrogen and oxygen atoms in total. The molecule has 0 saturated heterocycles. The van der Waals surface area contributed by atoms with Crippen LogP contribution in [-0.2, 0) is 11.2 Å². The van der Waals surface area contributed by atoms with Crippen molar-refractivity contribution in [2.75, 3.05) is 19.5 Å². The lowest BCUT2D eigenvalue weighted by Gasteiger charge is -2.08. The lowest BCUT2D eigenvalue weighted by Crippen LogP contribution is -2.15. The van der Waals surface area contributed by atoms with E-state index in [4.69, 9.17) is 9.47 Å². The number of fused-ring (bicyclic) bond motifs is 1. The van der Waals surface area contributed by atoms with Crippen LogP contribution in [0.5, 0.6) is 11.5 Å². The fraction of sp³-hybridized carbons (Fsp3) is 0.150. The maximum Gasteiger partial charge on any atom is 0.230 e. The Morgan fingerprint density at radius 3 is 2.89 bits per heavy atom. The third-order valence-corrected chi connectivity index (χ3v) is 5.14. The maximum atomic E-state index is 12.4. The van der Waals surface area contributed by atoms with Crippen LogP contribution >= 0.6 is 11.3 Å². The van der Waals surface area contributed by atoms with Crippen LogP contribution in [-0.4, -0.2) is 34.5 Å². The first-order valence-electron chi connectivity index (χ1n) is 8.55. The molecule has 28 heavy (non-hydrogen) atoms. The molecule has 0 aliphatic heterocycles. The standard InChI is InChI=1S/C20H18N4O3S/c1-26-15-5-6-18(27-2)16(9-15)17-11-24-14(12-28-20(24)23-17)8-19(25)22-13-4-3-7-21-10-13/h3-7,9-12H,8H2,1-2H3,(H,22,25). The highest BCUT2D eigenvalue weighted by molar-refractivity contribution is 7.15. The van der Waals surface area contributed by atoms with E-state index in [1.807, 2.05) is 34.2 Å². The topological polar surface area (TPSA) is 77.8 Å². The van der Waals surface area contributed by atoms with Crippen LogP contribution in [0.2, 0.25) is 0 Å². The molecule has 1 amide bonds. The molecule has 1 N–H and O–H groups in total. The van der Waals surface area contributed by atoms with Crippen molar-refractivity contribution < 1.29 is 14.3 Å². The minimum atomic E-state index is -0.109. The van der Waals surface area contributed by atoms with E-state index in [1.165, 1.54) is 11.3 Å². The number of anilines is 1. The van der Waals surface area contributed by atoms with Gasteiger partial charge in [0.1, 0.15) is 11.5 Å². The number of thiazole rings is 1. The first-order valence-corrected chi connectivity index (χ1v) is 9.43. The molecule has 0 radical (unpaired) electrons. The molecule has 8 heteroatoms. The van der Waals surface area contributed by atoms with Crippen molar-refractivity contribution in [1.29, 1.82) is 0 Å². The fourth-order valence-electron chi connectivity index (χ4n) is 2.91. The van der Waals surface area contributed by atoms with Gasteiger partial charge < -0.3 is 14.8 Å². The minimum absolute atomic E-state index is 0.109. The van der Waals surface area contributed by atoms with Crippen molar-refractivity contribution in [3.63, 3.8) is 0 Å². The van der Waals surface area contributed by atoms with E-state index in [0.29, 0.717) is 11.4 Å². The van der Waals surface area contributed by atoms with Gasteiger partial charge in [-0.25, -0.2) is 4.98 Å². The van der Waals surface area contributed by atoms with Crippen molar-refractivity contribution >= 4 is 27.9 Å². The van der Waals surface area contributed by atoms with Crippen molar-refractivity contribution in [1.82, 2.24) is 14.4 Å². The van der Waals surface area contributed by atoms with Gasteiger partial charge in [0.15, 0.2) is 4.96 Å². The van der Waals surface area contributed by atoms with E-state index in [2.05, 4.69) is 15.3 Å². The first kappa shape index (κ1) is 18.0. The summed E-state index contributed by atoms with van der Waals surface area (Å²) in [4.78, 5) is 21.9. The Morgan fingerprint density at radius 1 is 1.25 bits per heavy atom. The molecule has 142 valence electrons. The number of hydrogen-bond donors (Lipinski definition) is 1. The van der Waals surface area contributed by atoms with Crippen LogP contribution in [0.1, 0.15) is 5.69 Å². The number of nitrogens with zero attached hydrogens (tertiary/aromatic N) is 3. The second kappa shape index (κ2) is 7.69. The average molecular weight is 394 g/mol. The van der Waals surface area contributed by atoms with Crippen LogP contribution < -0.4 is 14.8 Å². The number of benzene rings is 1. The normalized spacial score (nSPS) is 10.8. The Balaban J connectivity index is 1.62. The number of nitrogens with one attached hydrogen (secondary N) is 1. The Morgan fingerprint density at radius 2 is 2.14 bits per heavy atom. The summed E-state index contributed by atoms with van der Waals surface area (Å²) in [5.41, 5.74) is 3.13. The van der Waals surface area contributed by atoms with Gasteiger partial charge in [0.25, 0.3) is 0 Å². The Hall–Kier alpha value is -3.39. The minimum Gasteiger partial charge on any atom is -0.497 e. The number of imidazole rings is 1. The number of carbonyl (C=O) groups excluding carboxylic acids is 1. The molecule has 0 aliphatic carbocycles. The van der Waals surface area contributed by atoms with E-state index in [0.717, 1.165) is 27.7 Å². The molecule has 0 spiro atoms. The molecule has 0 unspecified atom stereocenters. The summed E-state index contributed by atoms with van der Waals surface area (Å²) < 4.78 is 12.7. The number of carbonyl (C=O) groups is 1. The summed E-state index contributed by atoms with van der Waals surface area (Å²) in [7, 11) is 3.24. The van der Waals surface area contributed by atoms with Crippen molar-refractivity contribution in [3.8, 4) is 22.8 Å². The number of methoxy groups -OCH3 is 2. The number of pyridine rings is 1. The van der Waals surface area contributed by atoms with Crippen molar-refractivity contribution in [3.05, 3.63) is 60.0 Å². The Bertz CT molecular complexity index is 1120. The van der Waals surface area contributed by atoms with Gasteiger partial charge in [-0.15, -0.1) is 11.3 Å². The summed E-state index contributed by atoms with van der Waals surface area (Å²) in [6, 6.07) is 9.17. The lowest BCUT2D eigenvalue weighted by molar-refractivity contribution is -0.115. The lowest BCUT2D eigenvalue weighted by atomic mass is 10.1. The molecule has 0 atom stereocenters. The molecule has 0 fully saturated rings. The number of hydrogen-bond acceptors (Lipinski definition) is 6. The van der Waals surface area contributed by atoms with E-state index in [9.17, 15) is 4.79 Å². The van der Waals surface area contributed by atoms with E-state index in [1.54, 1.807) is 38.7 Å². The average Bonchev–Trinajstić information content (AvgIpc) is 3.30. The highest BCUT2D eigenvalue weighted by atomic mass is 32.1. The highest BCUT2D eigenvalue weighted by Gasteiger charge is 2.16. The van der Waals surface area contributed by atoms with Gasteiger partial charge in [0.2, 0.25) is 5.91 Å². The SMILES string of the molecule is COc1ccc(OC)c(-c2cn3c(CC(=O)Nc4cccnc4)csc3n2)c1. The van der Waals surface area contributed by atoms with Gasteiger partial charge in [-0.05, 0) is 30.3 Å². The summed E-state index contributed by atoms with van der Waals surface area (Å²) in [6.07, 6.45) is 5.43. The predicted octanol–water partition coefficient (Wildman–Crippen LogP) is 3.66. The molecule has 3 aromatic heterocycles. The molecule has 0 aliphatic rings. The van der Waals surface area contributed by atoms with Gasteiger partial charge in [0.05, 0.1) is 38.2 Å². The van der Waals surface area contributed by atoms with Crippen molar-refractivity contribution in [2.45, 2.75) is 6.42 Å². The monoisotopic (exact) mass is 394 g/mol. The van der Waals surface area contributed by atoms with Crippen molar-refractivity contribution in [2.24, 2.45) is 0 Å². The Labute approximate surface area is 165 Å². The van der Waals surface area contributed by atoms with E-state index < -0.39 is 0 Å². The van der Waals surface area contributed by atoms with E-state index >= 15 is 0 Å². The van der Waals surface area contributed by atoms with Gasteiger partial charge >= 0.3 is 0 Å². The smallest absolute Gasteiger partial charge is 0.230 e. The van der Waals surface area contributed by atoms with Gasteiger partial charge in [0, 0.05) is 29.0 Å². The predicted molar refractivity (Wildman–Crippen MR) is 108 cm³/mol. The molecular formula is C20H18N4O3S. The van der Waals surface area contributed by atoms with Crippen LogP contribution in [0.3, 0.4) is 0 Å². The molecule has 4 aromatic rings. The zero-order chi connectivity index (χ0) is 19.5. The van der Waals surface area contributed by atoms with Crippen LogP contribution in [0.15, 0.2) is 54.3 Å². The largest absolute Gasteiger partial charge is 0.497 e. The zero-order valence-electron chi connectivity index (χ0n) is 15.4. The zero-order valence-corrected chi connectivity index (χ0v) is 16.2. The Kier molecular flexibility index (Phi) is 4.94. The van der Waals surface area contributed by atoms with E-state index in [-0.39, 0.29) is 12.3 Å². The van der Waals surface area contributed by atoms with Crippen LogP contribution in [0.25, 0.3) is 16.2 Å². The molecular weight excluding hydrogens is 376 g/mol. The third-order valence-electron chi connectivity index (χ3n) is 4.25. The fourth-order valence-corrected chi connectivity index (χ4v) is 3.78. The van der Waals surface area contributed by atoms with Gasteiger partial charge in [-0.1, -0.05) is 0 Å². The summed E-state index contributed by atoms with van der Waals surface area (Å²) in [6.45, 7) is 0. The first-order chi connectivity index (χ1) is 13.7. The molecule has 3 heterocycles. The quantitative estimate of drug-likeness (QED) is 0.540. The third kappa shape index (κ3) is 3.54. The second-order valence-corrected chi connectivity index (χ2v) is 6.88. The molecule has 4 rings (SSSR count). The van der Waals surface area contributed by atoms with Crippen LogP contribution in [0, 0.1) is 0 Å². The molecule has 0 saturated carbocycles. The summed E-state index contributed by atoms with van der Waals surface area (Å²) >= 11 is 1.49. The number of rotatable bonds is 6. The summed E-state index contributed by atoms with van der Waals surface area (Å²) in [5, 5.41) is 4.79. The second-order valence-electron chi connectivity index (χ2n) is 6.04. The number of aromatic nitrogens is 3.